The van der Waals surface area contributed by atoms with Crippen molar-refractivity contribution in [2.24, 2.45) is 0 Å². The zero-order chi connectivity index (χ0) is 14.4. The van der Waals surface area contributed by atoms with E-state index in [1.54, 1.807) is 13.2 Å². The Morgan fingerprint density at radius 3 is 2.50 bits per heavy atom. The Morgan fingerprint density at radius 2 is 1.85 bits per heavy atom. The van der Waals surface area contributed by atoms with Crippen LogP contribution in [0.15, 0.2) is 42.5 Å². The van der Waals surface area contributed by atoms with Gasteiger partial charge in [-0.1, -0.05) is 29.8 Å². The Morgan fingerprint density at radius 1 is 1.10 bits per heavy atom. The van der Waals surface area contributed by atoms with E-state index in [0.29, 0.717) is 17.3 Å². The van der Waals surface area contributed by atoms with Crippen LogP contribution in [-0.4, -0.2) is 13.7 Å². The van der Waals surface area contributed by atoms with Crippen molar-refractivity contribution in [2.75, 3.05) is 19.5 Å². The fourth-order valence-electron chi connectivity index (χ4n) is 1.81. The van der Waals surface area contributed by atoms with Crippen LogP contribution in [0.25, 0.3) is 0 Å². The summed E-state index contributed by atoms with van der Waals surface area (Å²) in [5, 5.41) is 0.627. The van der Waals surface area contributed by atoms with E-state index < -0.39 is 0 Å². The van der Waals surface area contributed by atoms with Crippen molar-refractivity contribution in [3.8, 4) is 5.75 Å². The lowest BCUT2D eigenvalue weighted by atomic mass is 10.1. The second kappa shape index (κ2) is 7.17. The van der Waals surface area contributed by atoms with E-state index in [9.17, 15) is 0 Å². The zero-order valence-electron chi connectivity index (χ0n) is 11.4. The van der Waals surface area contributed by atoms with Crippen LogP contribution < -0.4 is 10.5 Å². The predicted octanol–water partition coefficient (Wildman–Crippen LogP) is 3.69. The fourth-order valence-corrected chi connectivity index (χ4v) is 2.06. The summed E-state index contributed by atoms with van der Waals surface area (Å²) in [5.41, 5.74) is 8.46. The van der Waals surface area contributed by atoms with Crippen molar-refractivity contribution in [1.82, 2.24) is 0 Å². The highest BCUT2D eigenvalue weighted by atomic mass is 35.5. The van der Waals surface area contributed by atoms with Crippen molar-refractivity contribution in [3.05, 3.63) is 58.6 Å². The number of hydrogen-bond donors (Lipinski definition) is 1. The van der Waals surface area contributed by atoms with Crippen LogP contribution in [0, 0.1) is 0 Å². The van der Waals surface area contributed by atoms with Crippen molar-refractivity contribution >= 4 is 17.3 Å². The van der Waals surface area contributed by atoms with Crippen LogP contribution in [0.4, 0.5) is 5.69 Å². The van der Waals surface area contributed by atoms with Gasteiger partial charge in [0.25, 0.3) is 0 Å². The molecule has 0 aliphatic carbocycles. The molecule has 106 valence electrons. The Kier molecular flexibility index (Phi) is 5.27. The molecule has 0 spiro atoms. The number of anilines is 1. The van der Waals surface area contributed by atoms with Crippen molar-refractivity contribution < 1.29 is 9.47 Å². The summed E-state index contributed by atoms with van der Waals surface area (Å²) in [6.45, 7) is 1.15. The second-order valence-electron chi connectivity index (χ2n) is 4.53. The maximum atomic E-state index is 6.10. The highest BCUT2D eigenvalue weighted by Crippen LogP contribution is 2.21. The highest BCUT2D eigenvalue weighted by molar-refractivity contribution is 6.31. The number of rotatable bonds is 6. The number of methoxy groups -OCH3 is 1. The van der Waals surface area contributed by atoms with E-state index in [2.05, 4.69) is 0 Å². The summed E-state index contributed by atoms with van der Waals surface area (Å²) in [4.78, 5) is 0. The summed E-state index contributed by atoms with van der Waals surface area (Å²) in [5.74, 6) is 0.819. The summed E-state index contributed by atoms with van der Waals surface area (Å²) in [6.07, 6.45) is 0.903. The molecule has 0 saturated carbocycles. The molecule has 2 aromatic rings. The minimum Gasteiger partial charge on any atom is -0.489 e. The number of hydrogen-bond acceptors (Lipinski definition) is 3. The second-order valence-corrected chi connectivity index (χ2v) is 4.93. The van der Waals surface area contributed by atoms with Gasteiger partial charge in [0.05, 0.1) is 6.61 Å². The average molecular weight is 292 g/mol. The van der Waals surface area contributed by atoms with Crippen LogP contribution in [0.5, 0.6) is 5.75 Å². The molecule has 2 N–H and O–H groups in total. The van der Waals surface area contributed by atoms with Gasteiger partial charge < -0.3 is 15.2 Å². The molecule has 0 heterocycles. The van der Waals surface area contributed by atoms with Crippen LogP contribution in [0.3, 0.4) is 0 Å². The van der Waals surface area contributed by atoms with E-state index in [1.807, 2.05) is 36.4 Å². The molecule has 2 rings (SSSR count). The number of benzene rings is 2. The fraction of sp³-hybridized carbons (Fsp3) is 0.250. The molecule has 0 fully saturated rings. The van der Waals surface area contributed by atoms with E-state index >= 15 is 0 Å². The number of nitrogens with two attached hydrogens (primary N) is 1. The molecule has 0 unspecified atom stereocenters. The normalized spacial score (nSPS) is 10.5. The highest BCUT2D eigenvalue weighted by Gasteiger charge is 2.02. The Labute approximate surface area is 124 Å². The first-order valence-corrected chi connectivity index (χ1v) is 6.81. The van der Waals surface area contributed by atoms with E-state index in [-0.39, 0.29) is 0 Å². The van der Waals surface area contributed by atoms with Gasteiger partial charge in [0.2, 0.25) is 0 Å². The topological polar surface area (TPSA) is 44.5 Å². The van der Waals surface area contributed by atoms with Crippen LogP contribution >= 0.6 is 11.6 Å². The zero-order valence-corrected chi connectivity index (χ0v) is 12.2. The molecule has 0 saturated heterocycles. The predicted molar refractivity (Wildman–Crippen MR) is 82.2 cm³/mol. The largest absolute Gasteiger partial charge is 0.489 e. The van der Waals surface area contributed by atoms with Crippen molar-refractivity contribution in [3.63, 3.8) is 0 Å². The van der Waals surface area contributed by atoms with Gasteiger partial charge in [0.15, 0.2) is 0 Å². The van der Waals surface area contributed by atoms with Gasteiger partial charge in [-0.15, -0.1) is 0 Å². The average Bonchev–Trinajstić information content (AvgIpc) is 2.45. The summed E-state index contributed by atoms with van der Waals surface area (Å²) in [6, 6.07) is 13.4. The molecule has 0 aliphatic heterocycles. The molecule has 0 aliphatic rings. The standard InChI is InChI=1S/C16H18ClNO2/c1-19-9-8-12-2-6-15(7-3-12)20-11-13-4-5-14(18)10-16(13)17/h2-7,10H,8-9,11,18H2,1H3. The van der Waals surface area contributed by atoms with Crippen molar-refractivity contribution in [2.45, 2.75) is 13.0 Å². The minimum absolute atomic E-state index is 0.427. The van der Waals surface area contributed by atoms with Gasteiger partial charge in [-0.3, -0.25) is 0 Å². The number of nitrogen functional groups attached to an aromatic ring is 1. The molecular formula is C16H18ClNO2. The van der Waals surface area contributed by atoms with Crippen LogP contribution in [0.1, 0.15) is 11.1 Å². The summed E-state index contributed by atoms with van der Waals surface area (Å²) >= 11 is 6.10. The van der Waals surface area contributed by atoms with E-state index in [1.165, 1.54) is 5.56 Å². The maximum Gasteiger partial charge on any atom is 0.119 e. The third kappa shape index (κ3) is 4.15. The minimum atomic E-state index is 0.427. The Bertz CT molecular complexity index is 555. The van der Waals surface area contributed by atoms with Gasteiger partial charge in [-0.25, -0.2) is 0 Å². The molecule has 0 bridgehead atoms. The Balaban J connectivity index is 1.93. The molecule has 2 aromatic carbocycles. The van der Waals surface area contributed by atoms with Gasteiger partial charge in [0, 0.05) is 23.4 Å². The molecular weight excluding hydrogens is 274 g/mol. The SMILES string of the molecule is COCCc1ccc(OCc2ccc(N)cc2Cl)cc1. The monoisotopic (exact) mass is 291 g/mol. The first kappa shape index (κ1) is 14.7. The Hall–Kier alpha value is -1.71. The lowest BCUT2D eigenvalue weighted by molar-refractivity contribution is 0.202. The van der Waals surface area contributed by atoms with Gasteiger partial charge in [-0.05, 0) is 36.2 Å². The molecule has 0 radical (unpaired) electrons. The van der Waals surface area contributed by atoms with Crippen LogP contribution in [-0.2, 0) is 17.8 Å². The summed E-state index contributed by atoms with van der Waals surface area (Å²) < 4.78 is 10.8. The molecule has 0 amide bonds. The van der Waals surface area contributed by atoms with Gasteiger partial charge in [0.1, 0.15) is 12.4 Å². The smallest absolute Gasteiger partial charge is 0.119 e. The van der Waals surface area contributed by atoms with Gasteiger partial charge >= 0.3 is 0 Å². The quantitative estimate of drug-likeness (QED) is 0.826. The van der Waals surface area contributed by atoms with Crippen LogP contribution in [0.2, 0.25) is 5.02 Å². The first-order chi connectivity index (χ1) is 9.69. The molecule has 20 heavy (non-hydrogen) atoms. The molecule has 3 nitrogen and oxygen atoms in total. The van der Waals surface area contributed by atoms with Gasteiger partial charge in [-0.2, -0.15) is 0 Å². The van der Waals surface area contributed by atoms with E-state index in [4.69, 9.17) is 26.8 Å². The molecule has 0 aromatic heterocycles. The number of halogens is 1. The molecule has 4 heteroatoms. The molecule has 0 atom stereocenters. The van der Waals surface area contributed by atoms with Crippen molar-refractivity contribution in [1.29, 1.82) is 0 Å². The number of ether oxygens (including phenoxy) is 2. The third-order valence-corrected chi connectivity index (χ3v) is 3.34. The summed E-state index contributed by atoms with van der Waals surface area (Å²) in [7, 11) is 1.70. The lowest BCUT2D eigenvalue weighted by Gasteiger charge is -2.09. The third-order valence-electron chi connectivity index (χ3n) is 2.99. The van der Waals surface area contributed by atoms with E-state index in [0.717, 1.165) is 24.3 Å². The first-order valence-electron chi connectivity index (χ1n) is 6.43. The maximum absolute atomic E-state index is 6.10. The lowest BCUT2D eigenvalue weighted by Crippen LogP contribution is -1.98.